The van der Waals surface area contributed by atoms with Gasteiger partial charge in [-0.05, 0) is 24.0 Å². The number of ether oxygens (including phenoxy) is 5. The Balaban J connectivity index is 2.09. The number of nitrogens with one attached hydrogen (secondary N) is 3. The van der Waals surface area contributed by atoms with Crippen LogP contribution in [0.4, 0.5) is 9.59 Å². The summed E-state index contributed by atoms with van der Waals surface area (Å²) >= 11 is 1.59. The standard InChI is InChI=1S/C23H37N3O8S/c1-24-22(28)33-16-15-32-14-13-31-12-11-30-10-9-25-21(27)20(8-17-35-2)26-23(29)34-18-19-6-4-3-5-7-19/h3-7,20H,8-18H2,1-2H3,(H,24,28)(H,25,27)(H,26,29)/t20-/m0/s1. The number of alkyl carbamates (subject to hydrolysis) is 2. The Morgan fingerprint density at radius 1 is 0.857 bits per heavy atom. The van der Waals surface area contributed by atoms with Crippen molar-refractivity contribution in [3.63, 3.8) is 0 Å². The number of hydrogen-bond donors (Lipinski definition) is 3. The fourth-order valence-electron chi connectivity index (χ4n) is 2.59. The van der Waals surface area contributed by atoms with Gasteiger partial charge in [-0.15, -0.1) is 0 Å². The molecule has 1 aromatic carbocycles. The van der Waals surface area contributed by atoms with E-state index in [-0.39, 0.29) is 19.1 Å². The van der Waals surface area contributed by atoms with E-state index in [4.69, 9.17) is 23.7 Å². The van der Waals surface area contributed by atoms with Gasteiger partial charge in [-0.3, -0.25) is 4.79 Å². The van der Waals surface area contributed by atoms with Crippen molar-refractivity contribution in [2.75, 3.05) is 71.8 Å². The molecule has 1 atom stereocenters. The Morgan fingerprint density at radius 3 is 2.11 bits per heavy atom. The van der Waals surface area contributed by atoms with Gasteiger partial charge in [0.25, 0.3) is 0 Å². The Morgan fingerprint density at radius 2 is 1.49 bits per heavy atom. The topological polar surface area (TPSA) is 133 Å². The van der Waals surface area contributed by atoms with Crippen molar-refractivity contribution < 1.29 is 38.1 Å². The molecule has 0 unspecified atom stereocenters. The Kier molecular flexibility index (Phi) is 18.1. The van der Waals surface area contributed by atoms with Crippen LogP contribution in [0.15, 0.2) is 30.3 Å². The third-order valence-corrected chi connectivity index (χ3v) is 5.03. The van der Waals surface area contributed by atoms with Crippen molar-refractivity contribution in [3.05, 3.63) is 35.9 Å². The van der Waals surface area contributed by atoms with E-state index >= 15 is 0 Å². The number of carbonyl (C=O) groups excluding carboxylic acids is 3. The average molecular weight is 516 g/mol. The summed E-state index contributed by atoms with van der Waals surface area (Å²) < 4.78 is 26.1. The summed E-state index contributed by atoms with van der Waals surface area (Å²) in [5, 5.41) is 7.75. The summed E-state index contributed by atoms with van der Waals surface area (Å²) in [6.45, 7) is 2.76. The second-order valence-electron chi connectivity index (χ2n) is 7.05. The normalized spacial score (nSPS) is 11.4. The highest BCUT2D eigenvalue weighted by molar-refractivity contribution is 7.98. The maximum absolute atomic E-state index is 12.5. The summed E-state index contributed by atoms with van der Waals surface area (Å²) in [7, 11) is 1.49. The SMILES string of the molecule is CNC(=O)OCCOCCOCCOCCNC(=O)[C@H](CCSC)NC(=O)OCc1ccccc1. The zero-order valence-electron chi connectivity index (χ0n) is 20.4. The molecule has 35 heavy (non-hydrogen) atoms. The molecule has 0 saturated heterocycles. The average Bonchev–Trinajstić information content (AvgIpc) is 2.88. The number of carbonyl (C=O) groups is 3. The van der Waals surface area contributed by atoms with Crippen molar-refractivity contribution in [1.29, 1.82) is 0 Å². The minimum Gasteiger partial charge on any atom is -0.447 e. The molecule has 0 aliphatic heterocycles. The number of benzene rings is 1. The monoisotopic (exact) mass is 515 g/mol. The van der Waals surface area contributed by atoms with Gasteiger partial charge < -0.3 is 39.6 Å². The number of thioether (sulfide) groups is 1. The van der Waals surface area contributed by atoms with E-state index in [2.05, 4.69) is 16.0 Å². The zero-order valence-corrected chi connectivity index (χ0v) is 21.2. The van der Waals surface area contributed by atoms with Gasteiger partial charge in [-0.25, -0.2) is 9.59 Å². The molecule has 1 rings (SSSR count). The summed E-state index contributed by atoms with van der Waals surface area (Å²) in [4.78, 5) is 35.4. The lowest BCUT2D eigenvalue weighted by atomic mass is 10.2. The molecule has 0 aliphatic rings. The minimum absolute atomic E-state index is 0.137. The summed E-state index contributed by atoms with van der Waals surface area (Å²) in [6.07, 6.45) is 1.30. The van der Waals surface area contributed by atoms with E-state index in [1.165, 1.54) is 7.05 Å². The van der Waals surface area contributed by atoms with E-state index in [1.54, 1.807) is 11.8 Å². The van der Waals surface area contributed by atoms with Gasteiger partial charge in [-0.1, -0.05) is 30.3 Å². The molecule has 3 N–H and O–H groups in total. The molecule has 0 spiro atoms. The van der Waals surface area contributed by atoms with Crippen LogP contribution in [0.5, 0.6) is 0 Å². The molecule has 1 aromatic rings. The number of hydrogen-bond acceptors (Lipinski definition) is 9. The quantitative estimate of drug-likeness (QED) is 0.235. The van der Waals surface area contributed by atoms with Crippen molar-refractivity contribution in [1.82, 2.24) is 16.0 Å². The summed E-state index contributed by atoms with van der Waals surface area (Å²) in [6, 6.07) is 8.65. The highest BCUT2D eigenvalue weighted by Crippen LogP contribution is 2.04. The molecule has 0 aliphatic carbocycles. The van der Waals surface area contributed by atoms with Gasteiger partial charge in [0.15, 0.2) is 0 Å². The fraction of sp³-hybridized carbons (Fsp3) is 0.609. The lowest BCUT2D eigenvalue weighted by Gasteiger charge is -2.18. The predicted molar refractivity (Wildman–Crippen MR) is 132 cm³/mol. The highest BCUT2D eigenvalue weighted by Gasteiger charge is 2.20. The van der Waals surface area contributed by atoms with Crippen LogP contribution in [-0.4, -0.2) is 96.0 Å². The molecular formula is C23H37N3O8S. The zero-order chi connectivity index (χ0) is 25.6. The number of amides is 3. The van der Waals surface area contributed by atoms with Crippen LogP contribution in [0.25, 0.3) is 0 Å². The molecule has 198 valence electrons. The van der Waals surface area contributed by atoms with Crippen LogP contribution < -0.4 is 16.0 Å². The highest BCUT2D eigenvalue weighted by atomic mass is 32.2. The Labute approximate surface area is 210 Å². The van der Waals surface area contributed by atoms with Crippen LogP contribution >= 0.6 is 11.8 Å². The second kappa shape index (κ2) is 20.8. The maximum atomic E-state index is 12.5. The number of rotatable bonds is 19. The van der Waals surface area contributed by atoms with Crippen molar-refractivity contribution in [3.8, 4) is 0 Å². The van der Waals surface area contributed by atoms with Crippen molar-refractivity contribution in [2.24, 2.45) is 0 Å². The van der Waals surface area contributed by atoms with Gasteiger partial charge in [0.05, 0.1) is 39.6 Å². The largest absolute Gasteiger partial charge is 0.447 e. The van der Waals surface area contributed by atoms with Gasteiger partial charge in [0.2, 0.25) is 5.91 Å². The molecular weight excluding hydrogens is 478 g/mol. The van der Waals surface area contributed by atoms with Crippen molar-refractivity contribution in [2.45, 2.75) is 19.1 Å². The van der Waals surface area contributed by atoms with E-state index < -0.39 is 18.2 Å². The van der Waals surface area contributed by atoms with Gasteiger partial charge in [0, 0.05) is 13.6 Å². The lowest BCUT2D eigenvalue weighted by Crippen LogP contribution is -2.47. The summed E-state index contributed by atoms with van der Waals surface area (Å²) in [5.74, 6) is 0.434. The van der Waals surface area contributed by atoms with Crippen LogP contribution in [0.1, 0.15) is 12.0 Å². The summed E-state index contributed by atoms with van der Waals surface area (Å²) in [5.41, 5.74) is 0.869. The molecule has 0 radical (unpaired) electrons. The Bertz CT molecular complexity index is 711. The van der Waals surface area contributed by atoms with E-state index in [0.29, 0.717) is 52.6 Å². The van der Waals surface area contributed by atoms with Gasteiger partial charge in [0.1, 0.15) is 19.3 Å². The molecule has 11 nitrogen and oxygen atoms in total. The van der Waals surface area contributed by atoms with Crippen molar-refractivity contribution >= 4 is 29.9 Å². The first-order chi connectivity index (χ1) is 17.1. The molecule has 0 aromatic heterocycles. The fourth-order valence-corrected chi connectivity index (χ4v) is 3.06. The van der Waals surface area contributed by atoms with E-state index in [0.717, 1.165) is 11.3 Å². The van der Waals surface area contributed by atoms with Gasteiger partial charge >= 0.3 is 12.2 Å². The maximum Gasteiger partial charge on any atom is 0.408 e. The third kappa shape index (κ3) is 16.7. The van der Waals surface area contributed by atoms with Gasteiger partial charge in [-0.2, -0.15) is 11.8 Å². The molecule has 0 bridgehead atoms. The van der Waals surface area contributed by atoms with Crippen LogP contribution in [-0.2, 0) is 35.1 Å². The predicted octanol–water partition coefficient (Wildman–Crippen LogP) is 1.56. The van der Waals surface area contributed by atoms with E-state index in [9.17, 15) is 14.4 Å². The van der Waals surface area contributed by atoms with E-state index in [1.807, 2.05) is 36.6 Å². The molecule has 3 amide bonds. The molecule has 0 saturated carbocycles. The van der Waals surface area contributed by atoms with Crippen LogP contribution in [0, 0.1) is 0 Å². The molecule has 0 heterocycles. The lowest BCUT2D eigenvalue weighted by molar-refractivity contribution is -0.123. The molecule has 12 heteroatoms. The third-order valence-electron chi connectivity index (χ3n) is 4.39. The minimum atomic E-state index is -0.684. The molecule has 0 fully saturated rings. The first-order valence-corrected chi connectivity index (χ1v) is 12.8. The first kappa shape index (κ1) is 30.5. The Hall–Kier alpha value is -2.54. The van der Waals surface area contributed by atoms with Crippen LogP contribution in [0.3, 0.4) is 0 Å². The first-order valence-electron chi connectivity index (χ1n) is 11.4. The van der Waals surface area contributed by atoms with Crippen LogP contribution in [0.2, 0.25) is 0 Å². The smallest absolute Gasteiger partial charge is 0.408 e. The second-order valence-corrected chi connectivity index (χ2v) is 8.04.